The van der Waals surface area contributed by atoms with E-state index in [1.165, 1.54) is 6.20 Å². The summed E-state index contributed by atoms with van der Waals surface area (Å²) in [6, 6.07) is 0.254. The largest absolute Gasteiger partial charge is 0.478 e. The fourth-order valence-electron chi connectivity index (χ4n) is 2.54. The Morgan fingerprint density at radius 2 is 2.30 bits per heavy atom. The Kier molecular flexibility index (Phi) is 3.14. The highest BCUT2D eigenvalue weighted by atomic mass is 16.4. The van der Waals surface area contributed by atoms with Gasteiger partial charge in [-0.1, -0.05) is 12.2 Å². The molecule has 2 heterocycles. The van der Waals surface area contributed by atoms with E-state index in [-0.39, 0.29) is 11.6 Å². The monoisotopic (exact) mass is 272 g/mol. The first kappa shape index (κ1) is 12.7. The third-order valence-corrected chi connectivity index (χ3v) is 3.61. The van der Waals surface area contributed by atoms with E-state index in [9.17, 15) is 9.90 Å². The van der Waals surface area contributed by atoms with E-state index in [0.717, 1.165) is 24.6 Å². The Morgan fingerprint density at radius 1 is 1.45 bits per heavy atom. The van der Waals surface area contributed by atoms with Crippen LogP contribution >= 0.6 is 0 Å². The molecule has 0 amide bonds. The van der Waals surface area contributed by atoms with Crippen molar-refractivity contribution in [1.82, 2.24) is 14.8 Å². The standard InChI is InChI=1S/C14H16N4O2/c1-18-13-10(8-16-18)12(11(7-15-13)14(19)20)17-9-5-3-2-4-6-9/h2-3,7-9H,4-6H2,1H3,(H,15,17)(H,19,20). The molecule has 0 fully saturated rings. The van der Waals surface area contributed by atoms with E-state index >= 15 is 0 Å². The molecule has 20 heavy (non-hydrogen) atoms. The quantitative estimate of drug-likeness (QED) is 0.837. The Balaban J connectivity index is 2.07. The van der Waals surface area contributed by atoms with E-state index in [2.05, 4.69) is 27.6 Å². The van der Waals surface area contributed by atoms with Crippen LogP contribution in [0.4, 0.5) is 5.69 Å². The van der Waals surface area contributed by atoms with E-state index in [0.29, 0.717) is 11.3 Å². The second kappa shape index (κ2) is 4.96. The highest BCUT2D eigenvalue weighted by Gasteiger charge is 2.19. The van der Waals surface area contributed by atoms with Gasteiger partial charge in [0.15, 0.2) is 5.65 Å². The van der Waals surface area contributed by atoms with Crippen LogP contribution in [-0.4, -0.2) is 31.9 Å². The van der Waals surface area contributed by atoms with Crippen molar-refractivity contribution in [2.24, 2.45) is 7.05 Å². The molecule has 0 spiro atoms. The van der Waals surface area contributed by atoms with Crippen LogP contribution in [0.5, 0.6) is 0 Å². The second-order valence-electron chi connectivity index (χ2n) is 4.98. The van der Waals surface area contributed by atoms with Gasteiger partial charge in [-0.3, -0.25) is 4.68 Å². The summed E-state index contributed by atoms with van der Waals surface area (Å²) in [4.78, 5) is 15.6. The number of pyridine rings is 1. The maximum atomic E-state index is 11.4. The van der Waals surface area contributed by atoms with Crippen LogP contribution in [-0.2, 0) is 7.05 Å². The van der Waals surface area contributed by atoms with Gasteiger partial charge in [-0.05, 0) is 19.3 Å². The van der Waals surface area contributed by atoms with Crippen molar-refractivity contribution < 1.29 is 9.90 Å². The molecule has 6 heteroatoms. The van der Waals surface area contributed by atoms with Crippen LogP contribution in [0, 0.1) is 0 Å². The summed E-state index contributed by atoms with van der Waals surface area (Å²) in [5.41, 5.74) is 1.50. The summed E-state index contributed by atoms with van der Waals surface area (Å²) < 4.78 is 1.65. The van der Waals surface area contributed by atoms with Gasteiger partial charge in [-0.25, -0.2) is 9.78 Å². The van der Waals surface area contributed by atoms with Gasteiger partial charge in [0.25, 0.3) is 0 Å². The SMILES string of the molecule is Cn1ncc2c(NC3CC=CCC3)c(C(=O)O)cnc21. The topological polar surface area (TPSA) is 80.0 Å². The van der Waals surface area contributed by atoms with Crippen LogP contribution in [0.1, 0.15) is 29.6 Å². The minimum Gasteiger partial charge on any atom is -0.478 e. The number of aromatic nitrogens is 3. The fourth-order valence-corrected chi connectivity index (χ4v) is 2.54. The first-order valence-electron chi connectivity index (χ1n) is 6.62. The van der Waals surface area contributed by atoms with Crippen LogP contribution in [0.15, 0.2) is 24.5 Å². The number of anilines is 1. The minimum absolute atomic E-state index is 0.194. The summed E-state index contributed by atoms with van der Waals surface area (Å²) in [5, 5.41) is 17.6. The van der Waals surface area contributed by atoms with Gasteiger partial charge in [-0.2, -0.15) is 5.10 Å². The summed E-state index contributed by atoms with van der Waals surface area (Å²) in [7, 11) is 1.79. The van der Waals surface area contributed by atoms with Crippen molar-refractivity contribution in [2.75, 3.05) is 5.32 Å². The first-order valence-corrected chi connectivity index (χ1v) is 6.62. The molecule has 0 saturated carbocycles. The van der Waals surface area contributed by atoms with Crippen LogP contribution in [0.3, 0.4) is 0 Å². The Hall–Kier alpha value is -2.37. The molecule has 1 unspecified atom stereocenters. The highest BCUT2D eigenvalue weighted by Crippen LogP contribution is 2.28. The molecular weight excluding hydrogens is 256 g/mol. The number of hydrogen-bond acceptors (Lipinski definition) is 4. The molecule has 1 aliphatic rings. The molecule has 0 aliphatic heterocycles. The van der Waals surface area contributed by atoms with Crippen LogP contribution in [0.2, 0.25) is 0 Å². The number of aryl methyl sites for hydroxylation is 1. The zero-order valence-electron chi connectivity index (χ0n) is 11.2. The van der Waals surface area contributed by atoms with Crippen molar-refractivity contribution in [3.05, 3.63) is 30.1 Å². The van der Waals surface area contributed by atoms with E-state index < -0.39 is 5.97 Å². The lowest BCUT2D eigenvalue weighted by molar-refractivity contribution is 0.0697. The van der Waals surface area contributed by atoms with Gasteiger partial charge >= 0.3 is 5.97 Å². The van der Waals surface area contributed by atoms with Crippen LogP contribution < -0.4 is 5.32 Å². The van der Waals surface area contributed by atoms with Gasteiger partial charge in [0.2, 0.25) is 0 Å². The van der Waals surface area contributed by atoms with Crippen molar-refractivity contribution in [3.63, 3.8) is 0 Å². The molecule has 2 N–H and O–H groups in total. The number of carboxylic acid groups (broad SMARTS) is 1. The predicted molar refractivity (Wildman–Crippen MR) is 75.9 cm³/mol. The zero-order chi connectivity index (χ0) is 14.1. The summed E-state index contributed by atoms with van der Waals surface area (Å²) >= 11 is 0. The van der Waals surface area contributed by atoms with Gasteiger partial charge < -0.3 is 10.4 Å². The van der Waals surface area contributed by atoms with Gasteiger partial charge in [0, 0.05) is 19.3 Å². The molecule has 0 saturated heterocycles. The third-order valence-electron chi connectivity index (χ3n) is 3.61. The Bertz CT molecular complexity index is 690. The van der Waals surface area contributed by atoms with E-state index in [1.807, 2.05) is 0 Å². The number of hydrogen-bond donors (Lipinski definition) is 2. The number of carboxylic acids is 1. The number of fused-ring (bicyclic) bond motifs is 1. The van der Waals surface area contributed by atoms with Crippen molar-refractivity contribution >= 4 is 22.7 Å². The van der Waals surface area contributed by atoms with Crippen molar-refractivity contribution in [3.8, 4) is 0 Å². The average molecular weight is 272 g/mol. The lowest BCUT2D eigenvalue weighted by Crippen LogP contribution is -2.22. The molecule has 0 bridgehead atoms. The van der Waals surface area contributed by atoms with Crippen molar-refractivity contribution in [2.45, 2.75) is 25.3 Å². The lowest BCUT2D eigenvalue weighted by atomic mass is 10.0. The first-order chi connectivity index (χ1) is 9.66. The summed E-state index contributed by atoms with van der Waals surface area (Å²) in [6.45, 7) is 0. The molecule has 2 aromatic heterocycles. The number of carbonyl (C=O) groups is 1. The number of nitrogens with one attached hydrogen (secondary N) is 1. The fraction of sp³-hybridized carbons (Fsp3) is 0.357. The zero-order valence-corrected chi connectivity index (χ0v) is 11.2. The predicted octanol–water partition coefficient (Wildman–Crippen LogP) is 2.19. The maximum absolute atomic E-state index is 11.4. The number of rotatable bonds is 3. The molecule has 104 valence electrons. The minimum atomic E-state index is -0.975. The Labute approximate surface area is 116 Å². The normalized spacial score (nSPS) is 18.4. The summed E-state index contributed by atoms with van der Waals surface area (Å²) in [5.74, 6) is -0.975. The molecule has 3 rings (SSSR count). The van der Waals surface area contributed by atoms with Gasteiger partial charge in [0.05, 0.1) is 17.3 Å². The molecule has 0 aromatic carbocycles. The van der Waals surface area contributed by atoms with Gasteiger partial charge in [-0.15, -0.1) is 0 Å². The molecule has 6 nitrogen and oxygen atoms in total. The molecule has 1 atom stereocenters. The van der Waals surface area contributed by atoms with Gasteiger partial charge in [0.1, 0.15) is 5.56 Å². The summed E-state index contributed by atoms with van der Waals surface area (Å²) in [6.07, 6.45) is 10.3. The van der Waals surface area contributed by atoms with E-state index in [4.69, 9.17) is 0 Å². The number of nitrogens with zero attached hydrogens (tertiary/aromatic N) is 3. The maximum Gasteiger partial charge on any atom is 0.339 e. The van der Waals surface area contributed by atoms with E-state index in [1.54, 1.807) is 17.9 Å². The average Bonchev–Trinajstić information content (AvgIpc) is 2.82. The molecular formula is C14H16N4O2. The highest BCUT2D eigenvalue weighted by molar-refractivity contribution is 6.03. The number of aromatic carboxylic acids is 1. The lowest BCUT2D eigenvalue weighted by Gasteiger charge is -2.22. The van der Waals surface area contributed by atoms with Crippen molar-refractivity contribution in [1.29, 1.82) is 0 Å². The molecule has 1 aliphatic carbocycles. The van der Waals surface area contributed by atoms with Crippen LogP contribution in [0.25, 0.3) is 11.0 Å². The molecule has 2 aromatic rings. The molecule has 0 radical (unpaired) electrons. The third kappa shape index (κ3) is 2.13. The second-order valence-corrected chi connectivity index (χ2v) is 4.98. The number of allylic oxidation sites excluding steroid dienone is 1. The Morgan fingerprint density at radius 3 is 3.00 bits per heavy atom. The smallest absolute Gasteiger partial charge is 0.339 e.